The van der Waals surface area contributed by atoms with E-state index in [1.54, 1.807) is 31.2 Å². The van der Waals surface area contributed by atoms with E-state index in [2.05, 4.69) is 17.2 Å². The van der Waals surface area contributed by atoms with E-state index in [-0.39, 0.29) is 53.3 Å². The Labute approximate surface area is 270 Å². The normalized spacial score (nSPS) is 15.1. The summed E-state index contributed by atoms with van der Waals surface area (Å²) in [5.41, 5.74) is 15.9. The maximum atomic E-state index is 12.9. The van der Waals surface area contributed by atoms with Crippen LogP contribution in [-0.4, -0.2) is 41.8 Å². The number of carbonyl (C=O) groups is 2. The standard InChI is InChI=1S/C34H42N4O6.ClH/c1-6-42-32(41)27-14-9-23(19-28(27)38-33(35)36)31(40)37-24-10-12-25(13-11-24)43-18-8-7-16-34(5)17-15-26-22(4)29(39)20(2)21(3)30(26)44-34;/h9-14,19,39H,6-8,15-18H2,1-5H3,(H,37,40)(H4,35,36,38);1H. The van der Waals surface area contributed by atoms with Gasteiger partial charge in [-0.15, -0.1) is 12.4 Å². The van der Waals surface area contributed by atoms with E-state index >= 15 is 0 Å². The van der Waals surface area contributed by atoms with Gasteiger partial charge in [-0.1, -0.05) is 0 Å². The summed E-state index contributed by atoms with van der Waals surface area (Å²) in [5, 5.41) is 13.3. The second-order valence-electron chi connectivity index (χ2n) is 11.4. The highest BCUT2D eigenvalue weighted by Gasteiger charge is 2.34. The second-order valence-corrected chi connectivity index (χ2v) is 11.4. The molecule has 0 aromatic heterocycles. The lowest BCUT2D eigenvalue weighted by molar-refractivity contribution is 0.0511. The Morgan fingerprint density at radius 3 is 2.42 bits per heavy atom. The van der Waals surface area contributed by atoms with Crippen LogP contribution < -0.4 is 26.3 Å². The van der Waals surface area contributed by atoms with Crippen LogP contribution in [0.2, 0.25) is 0 Å². The van der Waals surface area contributed by atoms with E-state index in [1.165, 1.54) is 18.2 Å². The fraction of sp³-hybridized carbons (Fsp3) is 0.382. The topological polar surface area (TPSA) is 158 Å². The van der Waals surface area contributed by atoms with Crippen LogP contribution in [-0.2, 0) is 11.2 Å². The lowest BCUT2D eigenvalue weighted by Gasteiger charge is -2.38. The number of nitrogens with one attached hydrogen (secondary N) is 1. The molecule has 1 aliphatic heterocycles. The van der Waals surface area contributed by atoms with Crippen LogP contribution in [0.25, 0.3) is 0 Å². The van der Waals surface area contributed by atoms with Gasteiger partial charge >= 0.3 is 5.97 Å². The molecule has 4 rings (SSSR count). The highest BCUT2D eigenvalue weighted by molar-refractivity contribution is 6.06. The largest absolute Gasteiger partial charge is 0.507 e. The molecule has 0 saturated heterocycles. The molecule has 11 heteroatoms. The van der Waals surface area contributed by atoms with Crippen molar-refractivity contribution in [1.29, 1.82) is 0 Å². The number of phenols is 1. The molecule has 3 aromatic carbocycles. The van der Waals surface area contributed by atoms with Gasteiger partial charge in [-0.3, -0.25) is 4.79 Å². The third-order valence-corrected chi connectivity index (χ3v) is 8.08. The highest BCUT2D eigenvalue weighted by Crippen LogP contribution is 2.44. The van der Waals surface area contributed by atoms with Crippen molar-refractivity contribution >= 4 is 41.6 Å². The summed E-state index contributed by atoms with van der Waals surface area (Å²) in [6.45, 7) is 10.5. The van der Waals surface area contributed by atoms with Gasteiger partial charge in [-0.2, -0.15) is 0 Å². The van der Waals surface area contributed by atoms with Crippen LogP contribution in [0.1, 0.15) is 82.5 Å². The zero-order valence-corrected chi connectivity index (χ0v) is 27.3. The number of halogens is 1. The number of hydrogen-bond donors (Lipinski definition) is 4. The monoisotopic (exact) mass is 638 g/mol. The smallest absolute Gasteiger partial charge is 0.340 e. The number of carbonyl (C=O) groups excluding carboxylic acids is 2. The number of fused-ring (bicyclic) bond motifs is 1. The minimum absolute atomic E-state index is 0. The molecular weight excluding hydrogens is 596 g/mol. The molecule has 1 atom stereocenters. The van der Waals surface area contributed by atoms with Crippen LogP contribution in [0.3, 0.4) is 0 Å². The number of nitrogens with zero attached hydrogens (tertiary/aromatic N) is 1. The fourth-order valence-electron chi connectivity index (χ4n) is 5.39. The van der Waals surface area contributed by atoms with Crippen molar-refractivity contribution < 1.29 is 28.9 Å². The SMILES string of the molecule is CCOC(=O)c1ccc(C(=O)Nc2ccc(OCCCCC3(C)CCc4c(C)c(O)c(C)c(C)c4O3)cc2)cc1N=C(N)N.Cl. The molecule has 0 spiro atoms. The molecule has 1 amide bonds. The molecule has 3 aromatic rings. The third-order valence-electron chi connectivity index (χ3n) is 8.08. The van der Waals surface area contributed by atoms with E-state index in [9.17, 15) is 14.7 Å². The minimum atomic E-state index is -0.584. The van der Waals surface area contributed by atoms with Gasteiger partial charge in [-0.05, 0) is 126 Å². The summed E-state index contributed by atoms with van der Waals surface area (Å²) in [4.78, 5) is 29.1. The summed E-state index contributed by atoms with van der Waals surface area (Å²) < 4.78 is 17.5. The van der Waals surface area contributed by atoms with Gasteiger partial charge in [0.15, 0.2) is 5.96 Å². The molecule has 1 unspecified atom stereocenters. The van der Waals surface area contributed by atoms with Crippen molar-refractivity contribution in [3.8, 4) is 17.2 Å². The average molecular weight is 639 g/mol. The molecule has 0 fully saturated rings. The van der Waals surface area contributed by atoms with Crippen LogP contribution in [0.4, 0.5) is 11.4 Å². The molecule has 0 saturated carbocycles. The molecule has 0 aliphatic carbocycles. The van der Waals surface area contributed by atoms with Gasteiger partial charge in [0.1, 0.15) is 22.8 Å². The maximum Gasteiger partial charge on any atom is 0.340 e. The lowest BCUT2D eigenvalue weighted by Crippen LogP contribution is -2.37. The van der Waals surface area contributed by atoms with Gasteiger partial charge in [0.05, 0.1) is 24.5 Å². The average Bonchev–Trinajstić information content (AvgIpc) is 2.99. The van der Waals surface area contributed by atoms with Crippen molar-refractivity contribution in [1.82, 2.24) is 0 Å². The first-order valence-corrected chi connectivity index (χ1v) is 14.9. The molecule has 6 N–H and O–H groups in total. The van der Waals surface area contributed by atoms with E-state index in [0.717, 1.165) is 60.1 Å². The van der Waals surface area contributed by atoms with Crippen LogP contribution >= 0.6 is 12.4 Å². The summed E-state index contributed by atoms with van der Waals surface area (Å²) >= 11 is 0. The summed E-state index contributed by atoms with van der Waals surface area (Å²) in [5.74, 6) is 0.790. The molecule has 10 nitrogen and oxygen atoms in total. The molecule has 1 aliphatic rings. The molecule has 45 heavy (non-hydrogen) atoms. The van der Waals surface area contributed by atoms with Gasteiger partial charge in [0.2, 0.25) is 0 Å². The number of nitrogens with two attached hydrogens (primary N) is 2. The summed E-state index contributed by atoms with van der Waals surface area (Å²) in [6, 6.07) is 11.5. The zero-order valence-electron chi connectivity index (χ0n) is 26.5. The number of unbranched alkanes of at least 4 members (excludes halogenated alkanes) is 1. The van der Waals surface area contributed by atoms with Gasteiger partial charge in [0.25, 0.3) is 5.91 Å². The predicted molar refractivity (Wildman–Crippen MR) is 179 cm³/mol. The number of aliphatic imine (C=N–C) groups is 1. The number of benzene rings is 3. The number of esters is 1. The number of guanidine groups is 1. The first-order valence-electron chi connectivity index (χ1n) is 14.9. The number of hydrogen-bond acceptors (Lipinski definition) is 7. The summed E-state index contributed by atoms with van der Waals surface area (Å²) in [6.07, 6.45) is 4.53. The van der Waals surface area contributed by atoms with Gasteiger partial charge < -0.3 is 36.1 Å². The second kappa shape index (κ2) is 15.0. The minimum Gasteiger partial charge on any atom is -0.507 e. The quantitative estimate of drug-likeness (QED) is 0.0812. The number of rotatable bonds is 11. The first kappa shape index (κ1) is 35.0. The Morgan fingerprint density at radius 1 is 1.04 bits per heavy atom. The Kier molecular flexibility index (Phi) is 11.7. The van der Waals surface area contributed by atoms with E-state index in [4.69, 9.17) is 25.7 Å². The Hall–Kier alpha value is -4.44. The van der Waals surface area contributed by atoms with Crippen molar-refractivity contribution in [2.75, 3.05) is 18.5 Å². The first-order chi connectivity index (χ1) is 20.9. The number of ether oxygens (including phenoxy) is 3. The Balaban J connectivity index is 0.00000552. The molecule has 242 valence electrons. The highest BCUT2D eigenvalue weighted by atomic mass is 35.5. The number of amides is 1. The Bertz CT molecular complexity index is 1570. The molecule has 1 heterocycles. The molecular formula is C34H43ClN4O6. The lowest BCUT2D eigenvalue weighted by atomic mass is 9.85. The van der Waals surface area contributed by atoms with Crippen molar-refractivity contribution in [3.05, 3.63) is 75.8 Å². The number of phenolic OH excluding ortho intramolecular Hbond substituents is 1. The predicted octanol–water partition coefficient (Wildman–Crippen LogP) is 6.41. The number of aromatic hydroxyl groups is 1. The molecule has 0 radical (unpaired) electrons. The zero-order chi connectivity index (χ0) is 32.0. The maximum absolute atomic E-state index is 12.9. The van der Waals surface area contributed by atoms with E-state index in [0.29, 0.717) is 23.8 Å². The van der Waals surface area contributed by atoms with E-state index in [1.807, 2.05) is 20.8 Å². The van der Waals surface area contributed by atoms with Crippen molar-refractivity contribution in [2.45, 2.75) is 72.3 Å². The van der Waals surface area contributed by atoms with Crippen LogP contribution in [0.5, 0.6) is 17.2 Å². The third kappa shape index (κ3) is 8.39. The summed E-state index contributed by atoms with van der Waals surface area (Å²) in [7, 11) is 0. The van der Waals surface area contributed by atoms with Crippen molar-refractivity contribution in [3.63, 3.8) is 0 Å². The number of anilines is 1. The molecule has 0 bridgehead atoms. The van der Waals surface area contributed by atoms with Crippen LogP contribution in [0.15, 0.2) is 47.5 Å². The van der Waals surface area contributed by atoms with E-state index < -0.39 is 5.97 Å². The van der Waals surface area contributed by atoms with Crippen LogP contribution in [0, 0.1) is 20.8 Å². The van der Waals surface area contributed by atoms with Gasteiger partial charge in [0, 0.05) is 16.8 Å². The Morgan fingerprint density at radius 2 is 1.76 bits per heavy atom. The van der Waals surface area contributed by atoms with Gasteiger partial charge in [-0.25, -0.2) is 9.79 Å². The van der Waals surface area contributed by atoms with Crippen molar-refractivity contribution in [2.24, 2.45) is 16.5 Å². The fourth-order valence-corrected chi connectivity index (χ4v) is 5.39.